The van der Waals surface area contributed by atoms with Crippen molar-refractivity contribution in [3.8, 4) is 5.75 Å². The topological polar surface area (TPSA) is 111 Å². The fourth-order valence-electron chi connectivity index (χ4n) is 5.40. The molecule has 0 atom stereocenters. The number of carbonyl (C=O) groups is 2. The van der Waals surface area contributed by atoms with Gasteiger partial charge in [0, 0.05) is 23.6 Å². The van der Waals surface area contributed by atoms with Gasteiger partial charge in [-0.1, -0.05) is 0 Å². The van der Waals surface area contributed by atoms with E-state index in [4.69, 9.17) is 9.47 Å². The third-order valence-corrected chi connectivity index (χ3v) is 9.84. The molecule has 8 nitrogen and oxygen atoms in total. The highest BCUT2D eigenvalue weighted by Gasteiger charge is 2.51. The molecule has 4 aliphatic rings. The average molecular weight is 551 g/mol. The lowest BCUT2D eigenvalue weighted by molar-refractivity contribution is -0.126. The van der Waals surface area contributed by atoms with Crippen molar-refractivity contribution < 1.29 is 31.9 Å². The summed E-state index contributed by atoms with van der Waals surface area (Å²) in [6.07, 6.45) is 6.57. The Hall–Kier alpha value is -2.62. The largest absolute Gasteiger partial charge is 0.489 e. The second-order valence-electron chi connectivity index (χ2n) is 12.2. The zero-order chi connectivity index (χ0) is 27.6. The normalized spacial score (nSPS) is 25.5. The zero-order valence-corrected chi connectivity index (χ0v) is 23.3. The van der Waals surface area contributed by atoms with Crippen LogP contribution in [0.25, 0.3) is 0 Å². The molecule has 4 fully saturated rings. The number of alkyl carbamates (subject to hydrolysis) is 1. The fourth-order valence-corrected chi connectivity index (χ4v) is 7.36. The van der Waals surface area contributed by atoms with Crippen molar-refractivity contribution in [2.45, 2.75) is 88.2 Å². The van der Waals surface area contributed by atoms with Crippen molar-refractivity contribution in [3.63, 3.8) is 0 Å². The van der Waals surface area contributed by atoms with E-state index in [0.29, 0.717) is 12.1 Å². The number of fused-ring (bicyclic) bond motifs is 3. The summed E-state index contributed by atoms with van der Waals surface area (Å²) in [7, 11) is -3.51. The minimum Gasteiger partial charge on any atom is -0.489 e. The molecule has 1 aromatic rings. The zero-order valence-electron chi connectivity index (χ0n) is 22.5. The number of carbonyl (C=O) groups excluding carboxylic acids is 2. The van der Waals surface area contributed by atoms with Crippen LogP contribution in [0.2, 0.25) is 0 Å². The molecule has 0 aromatic heterocycles. The molecule has 4 aliphatic carbocycles. The molecule has 10 heteroatoms. The number of ether oxygens (including phenoxy) is 2. The van der Waals surface area contributed by atoms with Crippen LogP contribution in [0.4, 0.5) is 9.18 Å². The summed E-state index contributed by atoms with van der Waals surface area (Å²) in [5, 5.41) is 5.77. The molecule has 0 aliphatic heterocycles. The van der Waals surface area contributed by atoms with Gasteiger partial charge in [0.2, 0.25) is 5.91 Å². The molecule has 5 rings (SSSR count). The standard InChI is InChI=1S/C28H39FN2O6S/c1-26(2,3)37-25(33)30-17-20(16-29)18-36-22-6-8-23(9-7-22)38(34,35)19-27-10-13-28(14-11-27,15-12-27)31-24(32)21-4-5-21/h6-9,16,21H,4-5,10-15,17-19H2,1-3H3,(H,30,33)(H,31,32)/b20-16+. The molecule has 0 saturated heterocycles. The summed E-state index contributed by atoms with van der Waals surface area (Å²) in [6.45, 7) is 5.01. The Morgan fingerprint density at radius 2 is 1.66 bits per heavy atom. The number of nitrogens with one attached hydrogen (secondary N) is 2. The van der Waals surface area contributed by atoms with Crippen LogP contribution in [0.3, 0.4) is 0 Å². The van der Waals surface area contributed by atoms with Crippen molar-refractivity contribution in [1.82, 2.24) is 10.6 Å². The lowest BCUT2D eigenvalue weighted by Crippen LogP contribution is -2.58. The minimum absolute atomic E-state index is 0.0779. The molecule has 0 spiro atoms. The molecule has 0 radical (unpaired) electrons. The first kappa shape index (κ1) is 28.4. The molecule has 1 aromatic carbocycles. The van der Waals surface area contributed by atoms with E-state index in [2.05, 4.69) is 10.6 Å². The lowest BCUT2D eigenvalue weighted by Gasteiger charge is -2.53. The van der Waals surface area contributed by atoms with E-state index in [0.717, 1.165) is 51.4 Å². The van der Waals surface area contributed by atoms with Crippen LogP contribution in [0.1, 0.15) is 72.1 Å². The van der Waals surface area contributed by atoms with Crippen LogP contribution in [0, 0.1) is 11.3 Å². The highest BCUT2D eigenvalue weighted by molar-refractivity contribution is 7.91. The van der Waals surface area contributed by atoms with Gasteiger partial charge in [-0.25, -0.2) is 17.6 Å². The highest BCUT2D eigenvalue weighted by Crippen LogP contribution is 2.53. The van der Waals surface area contributed by atoms with Crippen molar-refractivity contribution >= 4 is 21.8 Å². The second kappa shape index (κ2) is 10.9. The van der Waals surface area contributed by atoms with Crippen LogP contribution in [-0.2, 0) is 19.4 Å². The third-order valence-electron chi connectivity index (χ3n) is 7.85. The highest BCUT2D eigenvalue weighted by atomic mass is 32.2. The first-order valence-electron chi connectivity index (χ1n) is 13.4. The number of amides is 2. The Labute approximate surface area is 224 Å². The maximum absolute atomic E-state index is 13.3. The van der Waals surface area contributed by atoms with E-state index in [-0.39, 0.29) is 52.2 Å². The Bertz CT molecular complexity index is 1140. The second-order valence-corrected chi connectivity index (χ2v) is 14.2. The van der Waals surface area contributed by atoms with E-state index in [1.165, 1.54) is 12.1 Å². The summed E-state index contributed by atoms with van der Waals surface area (Å²) < 4.78 is 50.5. The van der Waals surface area contributed by atoms with Gasteiger partial charge < -0.3 is 20.1 Å². The lowest BCUT2D eigenvalue weighted by atomic mass is 9.58. The van der Waals surface area contributed by atoms with Crippen molar-refractivity contribution in [2.75, 3.05) is 18.9 Å². The van der Waals surface area contributed by atoms with Crippen LogP contribution >= 0.6 is 0 Å². The third kappa shape index (κ3) is 7.27. The van der Waals surface area contributed by atoms with Crippen LogP contribution in [0.15, 0.2) is 41.1 Å². The number of halogens is 1. The van der Waals surface area contributed by atoms with E-state index in [9.17, 15) is 22.4 Å². The smallest absolute Gasteiger partial charge is 0.407 e. The van der Waals surface area contributed by atoms with E-state index < -0.39 is 21.5 Å². The van der Waals surface area contributed by atoms with Crippen molar-refractivity contribution in [1.29, 1.82) is 0 Å². The maximum atomic E-state index is 13.3. The molecule has 0 heterocycles. The minimum atomic E-state index is -3.51. The van der Waals surface area contributed by atoms with Gasteiger partial charge >= 0.3 is 6.09 Å². The summed E-state index contributed by atoms with van der Waals surface area (Å²) in [5.41, 5.74) is -0.861. The number of rotatable bonds is 10. The first-order valence-corrected chi connectivity index (χ1v) is 15.0. The monoisotopic (exact) mass is 550 g/mol. The van der Waals surface area contributed by atoms with Crippen molar-refractivity contribution in [2.24, 2.45) is 11.3 Å². The number of sulfone groups is 1. The molecule has 38 heavy (non-hydrogen) atoms. The molecular formula is C28H39FN2O6S. The van der Waals surface area contributed by atoms with Gasteiger partial charge in [-0.05, 0) is 102 Å². The quantitative estimate of drug-likeness (QED) is 0.432. The Morgan fingerprint density at radius 1 is 1.05 bits per heavy atom. The van der Waals surface area contributed by atoms with E-state index in [1.807, 2.05) is 0 Å². The molecule has 2 bridgehead atoms. The molecule has 2 N–H and O–H groups in total. The van der Waals surface area contributed by atoms with Gasteiger partial charge in [-0.3, -0.25) is 4.79 Å². The maximum Gasteiger partial charge on any atom is 0.407 e. The summed E-state index contributed by atoms with van der Waals surface area (Å²) >= 11 is 0. The fraction of sp³-hybridized carbons (Fsp3) is 0.643. The average Bonchev–Trinajstić information content (AvgIpc) is 3.70. The van der Waals surface area contributed by atoms with Gasteiger partial charge in [0.25, 0.3) is 0 Å². The van der Waals surface area contributed by atoms with Crippen molar-refractivity contribution in [3.05, 3.63) is 36.2 Å². The Balaban J connectivity index is 1.27. The Morgan fingerprint density at radius 3 is 2.18 bits per heavy atom. The van der Waals surface area contributed by atoms with Gasteiger partial charge in [-0.15, -0.1) is 0 Å². The Kier molecular flexibility index (Phi) is 8.12. The molecular weight excluding hydrogens is 511 g/mol. The van der Waals surface area contributed by atoms with Crippen LogP contribution in [-0.4, -0.2) is 50.5 Å². The SMILES string of the molecule is CC(C)(C)OC(=O)NC/C(=C\F)COc1ccc(S(=O)(=O)CC23CCC(NC(=O)C4CC4)(CC2)CC3)cc1. The molecule has 2 amide bonds. The van der Waals surface area contributed by atoms with Gasteiger partial charge in [0.1, 0.15) is 18.0 Å². The van der Waals surface area contributed by atoms with E-state index in [1.54, 1.807) is 32.9 Å². The van der Waals surface area contributed by atoms with Crippen LogP contribution < -0.4 is 15.4 Å². The summed E-state index contributed by atoms with van der Waals surface area (Å²) in [6, 6.07) is 6.15. The van der Waals surface area contributed by atoms with Gasteiger partial charge in [-0.2, -0.15) is 0 Å². The van der Waals surface area contributed by atoms with Gasteiger partial charge in [0.05, 0.1) is 17.0 Å². The first-order chi connectivity index (χ1) is 17.8. The molecule has 210 valence electrons. The molecule has 0 unspecified atom stereocenters. The summed E-state index contributed by atoms with van der Waals surface area (Å²) in [5.74, 6) is 0.838. The molecule has 4 saturated carbocycles. The predicted octanol–water partition coefficient (Wildman–Crippen LogP) is 4.84. The number of hydrogen-bond acceptors (Lipinski definition) is 6. The number of benzene rings is 1. The summed E-state index contributed by atoms with van der Waals surface area (Å²) in [4.78, 5) is 24.3. The predicted molar refractivity (Wildman–Crippen MR) is 141 cm³/mol. The number of hydrogen-bond donors (Lipinski definition) is 2. The van der Waals surface area contributed by atoms with E-state index >= 15 is 0 Å². The van der Waals surface area contributed by atoms with Crippen LogP contribution in [0.5, 0.6) is 5.75 Å². The van der Waals surface area contributed by atoms with Gasteiger partial charge in [0.15, 0.2) is 9.84 Å².